The number of carbonyl (C=O) groups excluding carboxylic acids is 4. The van der Waals surface area contributed by atoms with Crippen LogP contribution in [-0.2, 0) is 30.5 Å². The van der Waals surface area contributed by atoms with Gasteiger partial charge in [0.15, 0.2) is 0 Å². The van der Waals surface area contributed by atoms with E-state index in [2.05, 4.69) is 29.1 Å². The van der Waals surface area contributed by atoms with E-state index >= 15 is 0 Å². The number of benzene rings is 2. The lowest BCUT2D eigenvalue weighted by molar-refractivity contribution is -0.152. The zero-order valence-corrected chi connectivity index (χ0v) is 23.3. The normalized spacial score (nSPS) is 13.4. The van der Waals surface area contributed by atoms with Crippen LogP contribution in [0, 0.1) is 5.92 Å². The Kier molecular flexibility index (Phi) is 14.4. The molecule has 2 aromatic carbocycles. The maximum absolute atomic E-state index is 13.1. The molecule has 2 aromatic rings. The first kappa shape index (κ1) is 32.8. The largest absolute Gasteiger partial charge is 0.454 e. The Morgan fingerprint density at radius 2 is 1.56 bits per heavy atom. The Labute approximate surface area is 240 Å². The van der Waals surface area contributed by atoms with E-state index < -0.39 is 42.1 Å². The summed E-state index contributed by atoms with van der Waals surface area (Å²) < 4.78 is 11.0. The second-order valence-corrected chi connectivity index (χ2v) is 9.44. The molecule has 0 aliphatic carbocycles. The van der Waals surface area contributed by atoms with Gasteiger partial charge < -0.3 is 30.5 Å². The molecule has 0 bridgehead atoms. The molecule has 0 saturated carbocycles. The summed E-state index contributed by atoms with van der Waals surface area (Å²) in [5, 5.41) is 17.1. The maximum atomic E-state index is 13.1. The summed E-state index contributed by atoms with van der Waals surface area (Å²) in [7, 11) is 0. The van der Waals surface area contributed by atoms with Crippen LogP contribution in [-0.4, -0.2) is 54.2 Å². The Hall–Kier alpha value is -4.44. The summed E-state index contributed by atoms with van der Waals surface area (Å²) in [6.45, 7) is 8.71. The van der Waals surface area contributed by atoms with E-state index in [1.54, 1.807) is 43.3 Å². The lowest BCUT2D eigenvalue weighted by atomic mass is 9.99. The van der Waals surface area contributed by atoms with Gasteiger partial charge in [0.2, 0.25) is 11.8 Å². The number of hydrogen-bond acceptors (Lipinski definition) is 7. The topological polar surface area (TPSA) is 143 Å². The van der Waals surface area contributed by atoms with Crippen LogP contribution in [0.15, 0.2) is 86.0 Å². The van der Waals surface area contributed by atoms with Gasteiger partial charge in [-0.25, -0.2) is 9.59 Å². The van der Waals surface area contributed by atoms with Crippen molar-refractivity contribution in [1.82, 2.24) is 16.0 Å². The molecule has 4 N–H and O–H groups in total. The highest BCUT2D eigenvalue weighted by Gasteiger charge is 2.28. The van der Waals surface area contributed by atoms with Gasteiger partial charge in [-0.15, -0.1) is 13.2 Å². The van der Waals surface area contributed by atoms with Crippen molar-refractivity contribution in [2.45, 2.75) is 51.0 Å². The van der Waals surface area contributed by atoms with Crippen LogP contribution in [0.3, 0.4) is 0 Å². The first-order valence-corrected chi connectivity index (χ1v) is 13.4. The molecule has 0 fully saturated rings. The maximum Gasteiger partial charge on any atom is 0.408 e. The number of allylic oxidation sites excluding steroid dienone is 1. The molecule has 41 heavy (non-hydrogen) atoms. The average molecular weight is 566 g/mol. The molecule has 0 saturated heterocycles. The molecule has 0 heterocycles. The fraction of sp³-hybridized carbons (Fsp3) is 0.355. The molecule has 3 amide bonds. The standard InChI is InChI=1S/C31H39N3O7/c1-4-12-25(18-28(36)33-22(3)20-35)29(37)32-19-27(24-16-10-7-11-17-24)41-30(38)26(13-5-2)34-31(39)40-21-23-14-8-6-9-15-23/h4-11,14-17,22,25-27,35H,1-2,12-13,18-21H2,3H3,(H,32,37)(H,33,36)(H,34,39)/t22-,25-,26+,27+/m0/s1. The highest BCUT2D eigenvalue weighted by Crippen LogP contribution is 2.19. The number of nitrogens with one attached hydrogen (secondary N) is 3. The van der Waals surface area contributed by atoms with Gasteiger partial charge in [0.05, 0.1) is 19.1 Å². The van der Waals surface area contributed by atoms with Crippen molar-refractivity contribution in [2.24, 2.45) is 5.92 Å². The van der Waals surface area contributed by atoms with Crippen LogP contribution >= 0.6 is 0 Å². The van der Waals surface area contributed by atoms with E-state index in [0.717, 1.165) is 5.56 Å². The fourth-order valence-corrected chi connectivity index (χ4v) is 3.83. The minimum absolute atomic E-state index is 0.0318. The summed E-state index contributed by atoms with van der Waals surface area (Å²) in [6.07, 6.45) is 1.59. The monoisotopic (exact) mass is 565 g/mol. The zero-order valence-electron chi connectivity index (χ0n) is 23.3. The van der Waals surface area contributed by atoms with Gasteiger partial charge >= 0.3 is 12.1 Å². The van der Waals surface area contributed by atoms with Gasteiger partial charge in [-0.2, -0.15) is 0 Å². The quantitative estimate of drug-likeness (QED) is 0.170. The molecule has 10 heteroatoms. The van der Waals surface area contributed by atoms with E-state index in [4.69, 9.17) is 14.6 Å². The van der Waals surface area contributed by atoms with Crippen molar-refractivity contribution < 1.29 is 33.8 Å². The van der Waals surface area contributed by atoms with Gasteiger partial charge in [0, 0.05) is 12.5 Å². The number of aliphatic hydroxyl groups excluding tert-OH is 1. The van der Waals surface area contributed by atoms with Crippen molar-refractivity contribution in [3.63, 3.8) is 0 Å². The summed E-state index contributed by atoms with van der Waals surface area (Å²) in [5.74, 6) is -2.24. The molecule has 0 aromatic heterocycles. The molecular weight excluding hydrogens is 526 g/mol. The number of aliphatic hydroxyl groups is 1. The number of alkyl carbamates (subject to hydrolysis) is 1. The van der Waals surface area contributed by atoms with Crippen LogP contribution in [0.1, 0.15) is 43.4 Å². The first-order chi connectivity index (χ1) is 19.8. The highest BCUT2D eigenvalue weighted by molar-refractivity contribution is 5.86. The van der Waals surface area contributed by atoms with Crippen molar-refractivity contribution in [3.8, 4) is 0 Å². The van der Waals surface area contributed by atoms with Gasteiger partial charge in [0.25, 0.3) is 0 Å². The number of amides is 3. The predicted octanol–water partition coefficient (Wildman–Crippen LogP) is 3.34. The summed E-state index contributed by atoms with van der Waals surface area (Å²) in [5.41, 5.74) is 1.42. The number of hydrogen-bond donors (Lipinski definition) is 4. The third kappa shape index (κ3) is 12.1. The first-order valence-electron chi connectivity index (χ1n) is 13.4. The van der Waals surface area contributed by atoms with Gasteiger partial charge in [0.1, 0.15) is 18.8 Å². The Morgan fingerprint density at radius 3 is 2.17 bits per heavy atom. The third-order valence-electron chi connectivity index (χ3n) is 6.02. The summed E-state index contributed by atoms with van der Waals surface area (Å²) >= 11 is 0. The van der Waals surface area contributed by atoms with Crippen molar-refractivity contribution in [2.75, 3.05) is 13.2 Å². The smallest absolute Gasteiger partial charge is 0.408 e. The number of ether oxygens (including phenoxy) is 2. The van der Waals surface area contributed by atoms with Crippen LogP contribution in [0.25, 0.3) is 0 Å². The number of rotatable bonds is 17. The minimum atomic E-state index is -1.07. The molecule has 0 aliphatic rings. The second-order valence-electron chi connectivity index (χ2n) is 9.44. The Balaban J connectivity index is 2.06. The molecular formula is C31H39N3O7. The van der Waals surface area contributed by atoms with Crippen LogP contribution < -0.4 is 16.0 Å². The minimum Gasteiger partial charge on any atom is -0.454 e. The predicted molar refractivity (Wildman–Crippen MR) is 154 cm³/mol. The van der Waals surface area contributed by atoms with E-state index in [0.29, 0.717) is 5.56 Å². The van der Waals surface area contributed by atoms with Gasteiger partial charge in [-0.3, -0.25) is 9.59 Å². The number of esters is 1. The highest BCUT2D eigenvalue weighted by atomic mass is 16.6. The van der Waals surface area contributed by atoms with E-state index in [-0.39, 0.29) is 44.9 Å². The molecule has 0 aliphatic heterocycles. The molecule has 220 valence electrons. The molecule has 4 atom stereocenters. The Morgan fingerprint density at radius 1 is 0.927 bits per heavy atom. The van der Waals surface area contributed by atoms with Crippen LogP contribution in [0.2, 0.25) is 0 Å². The van der Waals surface area contributed by atoms with E-state index in [1.165, 1.54) is 6.08 Å². The molecule has 2 rings (SSSR count). The summed E-state index contributed by atoms with van der Waals surface area (Å²) in [6, 6.07) is 16.4. The van der Waals surface area contributed by atoms with Gasteiger partial charge in [-0.05, 0) is 30.9 Å². The van der Waals surface area contributed by atoms with Crippen molar-refractivity contribution >= 4 is 23.9 Å². The van der Waals surface area contributed by atoms with Gasteiger partial charge in [-0.1, -0.05) is 72.8 Å². The van der Waals surface area contributed by atoms with E-state index in [1.807, 2.05) is 30.3 Å². The van der Waals surface area contributed by atoms with Crippen molar-refractivity contribution in [3.05, 3.63) is 97.1 Å². The molecule has 0 unspecified atom stereocenters. The van der Waals surface area contributed by atoms with Crippen LogP contribution in [0.5, 0.6) is 0 Å². The molecule has 10 nitrogen and oxygen atoms in total. The molecule has 0 radical (unpaired) electrons. The Bertz CT molecular complexity index is 1140. The number of carbonyl (C=O) groups is 4. The lowest BCUT2D eigenvalue weighted by Gasteiger charge is -2.24. The average Bonchev–Trinajstić information content (AvgIpc) is 2.98. The fourth-order valence-electron chi connectivity index (χ4n) is 3.83. The SMILES string of the molecule is C=CC[C@@H](CC(=O)N[C@@H](C)CO)C(=O)NC[C@@H](OC(=O)[C@@H](CC=C)NC(=O)OCc1ccccc1)c1ccccc1. The van der Waals surface area contributed by atoms with E-state index in [9.17, 15) is 19.2 Å². The second kappa shape index (κ2) is 18.0. The van der Waals surface area contributed by atoms with Crippen molar-refractivity contribution in [1.29, 1.82) is 0 Å². The zero-order chi connectivity index (χ0) is 30.0. The van der Waals surface area contributed by atoms with Crippen LogP contribution in [0.4, 0.5) is 4.79 Å². The molecule has 0 spiro atoms. The lowest BCUT2D eigenvalue weighted by Crippen LogP contribution is -2.43. The third-order valence-corrected chi connectivity index (χ3v) is 6.02. The summed E-state index contributed by atoms with van der Waals surface area (Å²) in [4.78, 5) is 50.8.